The average molecular weight is 412 g/mol. The smallest absolute Gasteiger partial charge is 0.295 e. The molecule has 0 aliphatic carbocycles. The average Bonchev–Trinajstić information content (AvgIpc) is 3.01. The number of rotatable bonds is 4. The van der Waals surface area contributed by atoms with Crippen molar-refractivity contribution >= 4 is 17.4 Å². The van der Waals surface area contributed by atoms with Crippen molar-refractivity contribution in [2.24, 2.45) is 0 Å². The summed E-state index contributed by atoms with van der Waals surface area (Å²) < 4.78 is 0. The largest absolute Gasteiger partial charge is 0.507 e. The minimum atomic E-state index is -0.680. The van der Waals surface area contributed by atoms with Gasteiger partial charge in [-0.25, -0.2) is 0 Å². The molecule has 0 bridgehead atoms. The first-order valence-electron chi connectivity index (χ1n) is 10.2. The summed E-state index contributed by atoms with van der Waals surface area (Å²) in [6.07, 6.45) is 3.34. The first-order chi connectivity index (χ1) is 14.9. The Morgan fingerprint density at radius 3 is 2.39 bits per heavy atom. The Morgan fingerprint density at radius 2 is 1.71 bits per heavy atom. The van der Waals surface area contributed by atoms with Crippen LogP contribution in [0.3, 0.4) is 0 Å². The molecule has 2 heterocycles. The number of carbonyl (C=O) groups excluding carboxylic acids is 2. The van der Waals surface area contributed by atoms with E-state index in [0.29, 0.717) is 5.56 Å². The van der Waals surface area contributed by atoms with E-state index in [1.807, 2.05) is 69.3 Å². The Labute approximate surface area is 181 Å². The lowest BCUT2D eigenvalue weighted by atomic mass is 9.93. The van der Waals surface area contributed by atoms with Crippen molar-refractivity contribution in [1.29, 1.82) is 0 Å². The second kappa shape index (κ2) is 8.19. The molecule has 1 atom stereocenters. The number of likely N-dealkylation sites (tertiary alicyclic amines) is 1. The van der Waals surface area contributed by atoms with Crippen LogP contribution in [0.25, 0.3) is 5.76 Å². The minimum Gasteiger partial charge on any atom is -0.507 e. The molecule has 0 radical (unpaired) electrons. The van der Waals surface area contributed by atoms with Crippen LogP contribution in [-0.4, -0.2) is 26.7 Å². The van der Waals surface area contributed by atoms with E-state index < -0.39 is 17.7 Å². The molecule has 1 aliphatic heterocycles. The quantitative estimate of drug-likeness (QED) is 0.385. The molecule has 3 aromatic rings. The van der Waals surface area contributed by atoms with Gasteiger partial charge in [-0.1, -0.05) is 53.6 Å². The van der Waals surface area contributed by atoms with E-state index in [9.17, 15) is 14.7 Å². The number of aryl methyl sites for hydroxylation is 3. The van der Waals surface area contributed by atoms with Crippen LogP contribution in [0.4, 0.5) is 0 Å². The highest BCUT2D eigenvalue weighted by Gasteiger charge is 2.46. The van der Waals surface area contributed by atoms with Gasteiger partial charge < -0.3 is 10.0 Å². The fourth-order valence-corrected chi connectivity index (χ4v) is 3.96. The van der Waals surface area contributed by atoms with Crippen molar-refractivity contribution in [1.82, 2.24) is 9.88 Å². The van der Waals surface area contributed by atoms with Crippen LogP contribution < -0.4 is 0 Å². The molecule has 1 fully saturated rings. The summed E-state index contributed by atoms with van der Waals surface area (Å²) in [5.74, 6) is -1.44. The van der Waals surface area contributed by atoms with Gasteiger partial charge in [-0.15, -0.1) is 0 Å². The number of carbonyl (C=O) groups is 2. The molecule has 1 saturated heterocycles. The molecule has 5 heteroatoms. The number of aromatic nitrogens is 1. The van der Waals surface area contributed by atoms with Crippen LogP contribution in [-0.2, 0) is 16.1 Å². The molecule has 1 unspecified atom stereocenters. The zero-order chi connectivity index (χ0) is 22.1. The highest BCUT2D eigenvalue weighted by atomic mass is 16.3. The summed E-state index contributed by atoms with van der Waals surface area (Å²) in [5, 5.41) is 11.3. The van der Waals surface area contributed by atoms with Gasteiger partial charge in [0.15, 0.2) is 0 Å². The maximum absolute atomic E-state index is 13.1. The van der Waals surface area contributed by atoms with Crippen LogP contribution in [0, 0.1) is 20.8 Å². The Kier molecular flexibility index (Phi) is 5.42. The number of hydrogen-bond acceptors (Lipinski definition) is 4. The molecule has 0 spiro atoms. The van der Waals surface area contributed by atoms with Gasteiger partial charge in [-0.2, -0.15) is 0 Å². The van der Waals surface area contributed by atoms with Gasteiger partial charge in [-0.3, -0.25) is 14.6 Å². The number of pyridine rings is 1. The molecule has 4 rings (SSSR count). The zero-order valence-corrected chi connectivity index (χ0v) is 17.8. The van der Waals surface area contributed by atoms with E-state index in [4.69, 9.17) is 0 Å². The first kappa shape index (κ1) is 20.5. The lowest BCUT2D eigenvalue weighted by Gasteiger charge is -2.25. The molecule has 1 N–H and O–H groups in total. The predicted octanol–water partition coefficient (Wildman–Crippen LogP) is 4.63. The van der Waals surface area contributed by atoms with Crippen LogP contribution >= 0.6 is 0 Å². The SMILES string of the molecule is Cc1ccc(C2/C(=C(\O)c3cc(C)ccc3C)C(=O)C(=O)N2Cc2cccnc2)cc1. The maximum atomic E-state index is 13.1. The number of Topliss-reactive ketones (excluding diaryl/α,β-unsaturated/α-hetero) is 1. The number of hydrogen-bond donors (Lipinski definition) is 1. The first-order valence-corrected chi connectivity index (χ1v) is 10.2. The van der Waals surface area contributed by atoms with Crippen LogP contribution in [0.5, 0.6) is 0 Å². The highest BCUT2D eigenvalue weighted by molar-refractivity contribution is 6.46. The number of ketones is 1. The van der Waals surface area contributed by atoms with E-state index in [-0.39, 0.29) is 17.9 Å². The second-order valence-electron chi connectivity index (χ2n) is 8.02. The van der Waals surface area contributed by atoms with Gasteiger partial charge in [0.2, 0.25) is 0 Å². The monoisotopic (exact) mass is 412 g/mol. The predicted molar refractivity (Wildman–Crippen MR) is 119 cm³/mol. The van der Waals surface area contributed by atoms with Gasteiger partial charge in [0.05, 0.1) is 11.6 Å². The topological polar surface area (TPSA) is 70.5 Å². The van der Waals surface area contributed by atoms with Crippen LogP contribution in [0.15, 0.2) is 72.6 Å². The molecular formula is C26H24N2O3. The molecule has 1 amide bonds. The molecule has 0 saturated carbocycles. The number of aliphatic hydroxyl groups is 1. The van der Waals surface area contributed by atoms with E-state index in [1.54, 1.807) is 18.5 Å². The third-order valence-electron chi connectivity index (χ3n) is 5.66. The Bertz CT molecular complexity index is 1180. The molecule has 1 aromatic heterocycles. The van der Waals surface area contributed by atoms with Gasteiger partial charge in [0.25, 0.3) is 11.7 Å². The Balaban J connectivity index is 1.90. The molecule has 1 aliphatic rings. The fourth-order valence-electron chi connectivity index (χ4n) is 3.96. The highest BCUT2D eigenvalue weighted by Crippen LogP contribution is 2.40. The van der Waals surface area contributed by atoms with Crippen molar-refractivity contribution in [3.63, 3.8) is 0 Å². The molecule has 5 nitrogen and oxygen atoms in total. The van der Waals surface area contributed by atoms with Crippen LogP contribution in [0.1, 0.15) is 39.4 Å². The van der Waals surface area contributed by atoms with Gasteiger partial charge >= 0.3 is 0 Å². The van der Waals surface area contributed by atoms with Crippen molar-refractivity contribution in [3.05, 3.63) is 106 Å². The number of amides is 1. The summed E-state index contributed by atoms with van der Waals surface area (Å²) in [6, 6.07) is 16.4. The van der Waals surface area contributed by atoms with E-state index in [2.05, 4.69) is 4.98 Å². The molecule has 31 heavy (non-hydrogen) atoms. The normalized spacial score (nSPS) is 17.9. The van der Waals surface area contributed by atoms with E-state index >= 15 is 0 Å². The van der Waals surface area contributed by atoms with Crippen molar-refractivity contribution in [3.8, 4) is 0 Å². The lowest BCUT2D eigenvalue weighted by molar-refractivity contribution is -0.140. The zero-order valence-electron chi connectivity index (χ0n) is 17.8. The van der Waals surface area contributed by atoms with Crippen molar-refractivity contribution in [2.45, 2.75) is 33.4 Å². The minimum absolute atomic E-state index is 0.117. The van der Waals surface area contributed by atoms with Crippen LogP contribution in [0.2, 0.25) is 0 Å². The third kappa shape index (κ3) is 3.87. The summed E-state index contributed by atoms with van der Waals surface area (Å²) in [5.41, 5.74) is 5.15. The van der Waals surface area contributed by atoms with E-state index in [1.165, 1.54) is 4.90 Å². The molecule has 2 aromatic carbocycles. The summed E-state index contributed by atoms with van der Waals surface area (Å²) >= 11 is 0. The fraction of sp³-hybridized carbons (Fsp3) is 0.192. The summed E-state index contributed by atoms with van der Waals surface area (Å²) in [7, 11) is 0. The lowest BCUT2D eigenvalue weighted by Crippen LogP contribution is -2.29. The number of aliphatic hydroxyl groups excluding tert-OH is 1. The summed E-state index contributed by atoms with van der Waals surface area (Å²) in [4.78, 5) is 31.8. The molecule has 156 valence electrons. The second-order valence-corrected chi connectivity index (χ2v) is 8.02. The number of benzene rings is 2. The van der Waals surface area contributed by atoms with Gasteiger partial charge in [0.1, 0.15) is 5.76 Å². The van der Waals surface area contributed by atoms with E-state index in [0.717, 1.165) is 27.8 Å². The standard InChI is InChI=1S/C26H24N2O3/c1-16-7-10-20(11-8-16)23-22(24(29)21-13-17(2)6-9-18(21)3)25(30)26(31)28(23)15-19-5-4-12-27-14-19/h4-14,23,29H,15H2,1-3H3/b24-22+. The maximum Gasteiger partial charge on any atom is 0.295 e. The molecular weight excluding hydrogens is 388 g/mol. The Hall–Kier alpha value is -3.73. The van der Waals surface area contributed by atoms with Crippen molar-refractivity contribution < 1.29 is 14.7 Å². The Morgan fingerprint density at radius 1 is 1.00 bits per heavy atom. The van der Waals surface area contributed by atoms with Gasteiger partial charge in [0, 0.05) is 24.5 Å². The third-order valence-corrected chi connectivity index (χ3v) is 5.66. The van der Waals surface area contributed by atoms with Gasteiger partial charge in [-0.05, 0) is 49.6 Å². The summed E-state index contributed by atoms with van der Waals surface area (Å²) in [6.45, 7) is 6.00. The number of nitrogens with zero attached hydrogens (tertiary/aromatic N) is 2. The van der Waals surface area contributed by atoms with Crippen molar-refractivity contribution in [2.75, 3.05) is 0 Å².